The molecule has 0 aromatic carbocycles. The van der Waals surface area contributed by atoms with Crippen LogP contribution >= 0.6 is 0 Å². The van der Waals surface area contributed by atoms with Crippen LogP contribution in [-0.4, -0.2) is 96.0 Å². The Bertz CT molecular complexity index is 1280. The first-order valence-electron chi connectivity index (χ1n) is 22.7. The normalized spacial score (nSPS) is 20.7. The van der Waals surface area contributed by atoms with Gasteiger partial charge in [0.25, 0.3) is 10.1 Å². The number of ether oxygens (including phenoxy) is 4. The highest BCUT2D eigenvalue weighted by Crippen LogP contribution is 2.24. The Morgan fingerprint density at radius 3 is 1.59 bits per heavy atom. The molecule has 0 amide bonds. The van der Waals surface area contributed by atoms with Crippen molar-refractivity contribution in [2.24, 2.45) is 0 Å². The van der Waals surface area contributed by atoms with E-state index in [4.69, 9.17) is 18.9 Å². The average molecular weight is 857 g/mol. The molecule has 1 aliphatic heterocycles. The number of carbonyl (C=O) groups excluding carboxylic acids is 2. The van der Waals surface area contributed by atoms with Crippen LogP contribution in [0.4, 0.5) is 0 Å². The molecule has 13 heteroatoms. The first-order valence-corrected chi connectivity index (χ1v) is 24.3. The number of allylic oxidation sites excluding steroid dienone is 8. The molecular weight excluding hydrogens is 777 g/mol. The third-order valence-electron chi connectivity index (χ3n) is 10.2. The second-order valence-electron chi connectivity index (χ2n) is 15.7. The zero-order chi connectivity index (χ0) is 43.4. The van der Waals surface area contributed by atoms with Crippen molar-refractivity contribution in [2.45, 2.75) is 211 Å². The summed E-state index contributed by atoms with van der Waals surface area (Å²) in [5, 5.41) is 30.9. The minimum Gasteiger partial charge on any atom is -0.462 e. The standard InChI is InChI=1S/C46H80O12S/c1-3-5-7-9-11-13-15-17-18-19-20-21-22-23-25-27-29-31-33-35-42(48)57-39(37-56-46-45(51)44(50)43(49)40(58-46)38-59(52,53)54)36-55-41(47)34-32-30-28-26-24-16-14-12-10-8-6-4-2/h5,7,11,13,17-18,20-21,39-40,43-46,49-51H,3-4,6,8-10,12,14-16,19,22-38H2,1-2H3,(H,52,53,54)/b7-5-,13-11-,18-17-,21-20-. The molecular formula is C46H80O12S. The molecule has 1 rings (SSSR count). The van der Waals surface area contributed by atoms with Crippen LogP contribution in [0.3, 0.4) is 0 Å². The molecule has 1 heterocycles. The van der Waals surface area contributed by atoms with Crippen LogP contribution in [0.15, 0.2) is 48.6 Å². The van der Waals surface area contributed by atoms with Crippen molar-refractivity contribution >= 4 is 22.1 Å². The molecule has 0 spiro atoms. The number of unbranched alkanes of at least 4 members (excludes halogenated alkanes) is 17. The number of esters is 2. The molecule has 0 aliphatic carbocycles. The van der Waals surface area contributed by atoms with E-state index >= 15 is 0 Å². The van der Waals surface area contributed by atoms with Gasteiger partial charge in [-0.05, 0) is 51.4 Å². The van der Waals surface area contributed by atoms with Crippen LogP contribution in [0.2, 0.25) is 0 Å². The molecule has 4 N–H and O–H groups in total. The average Bonchev–Trinajstić information content (AvgIpc) is 3.20. The first-order chi connectivity index (χ1) is 28.5. The molecule has 0 bridgehead atoms. The quantitative estimate of drug-likeness (QED) is 0.0201. The predicted octanol–water partition coefficient (Wildman–Crippen LogP) is 9.17. The van der Waals surface area contributed by atoms with Crippen molar-refractivity contribution in [1.29, 1.82) is 0 Å². The summed E-state index contributed by atoms with van der Waals surface area (Å²) in [6, 6.07) is 0. The molecule has 0 aromatic rings. The van der Waals surface area contributed by atoms with Crippen molar-refractivity contribution in [3.63, 3.8) is 0 Å². The zero-order valence-electron chi connectivity index (χ0n) is 36.3. The summed E-state index contributed by atoms with van der Waals surface area (Å²) in [5.74, 6) is -2.00. The fourth-order valence-electron chi connectivity index (χ4n) is 6.67. The first kappa shape index (κ1) is 54.6. The fraction of sp³-hybridized carbons (Fsp3) is 0.783. The minimum absolute atomic E-state index is 0.148. The third-order valence-corrected chi connectivity index (χ3v) is 10.9. The van der Waals surface area contributed by atoms with Crippen LogP contribution in [0, 0.1) is 0 Å². The maximum Gasteiger partial charge on any atom is 0.306 e. The van der Waals surface area contributed by atoms with Crippen LogP contribution in [0.1, 0.15) is 174 Å². The highest BCUT2D eigenvalue weighted by atomic mass is 32.2. The van der Waals surface area contributed by atoms with Gasteiger partial charge in [0, 0.05) is 12.8 Å². The Morgan fingerprint density at radius 1 is 0.593 bits per heavy atom. The molecule has 6 atom stereocenters. The Morgan fingerprint density at radius 2 is 1.07 bits per heavy atom. The van der Waals surface area contributed by atoms with Crippen molar-refractivity contribution < 1.29 is 56.8 Å². The van der Waals surface area contributed by atoms with E-state index in [1.807, 2.05) is 0 Å². The van der Waals surface area contributed by atoms with Gasteiger partial charge in [-0.1, -0.05) is 159 Å². The second kappa shape index (κ2) is 36.3. The predicted molar refractivity (Wildman–Crippen MR) is 233 cm³/mol. The van der Waals surface area contributed by atoms with Crippen molar-refractivity contribution in [2.75, 3.05) is 19.0 Å². The largest absolute Gasteiger partial charge is 0.462 e. The number of rotatable bonds is 37. The maximum atomic E-state index is 12.8. The van der Waals surface area contributed by atoms with Crippen LogP contribution in [0.5, 0.6) is 0 Å². The Balaban J connectivity index is 2.45. The lowest BCUT2D eigenvalue weighted by molar-refractivity contribution is -0.297. The maximum absolute atomic E-state index is 12.8. The second-order valence-corrected chi connectivity index (χ2v) is 17.2. The van der Waals surface area contributed by atoms with Gasteiger partial charge >= 0.3 is 11.9 Å². The summed E-state index contributed by atoms with van der Waals surface area (Å²) < 4.78 is 54.0. The lowest BCUT2D eigenvalue weighted by Gasteiger charge is -2.40. The van der Waals surface area contributed by atoms with E-state index in [-0.39, 0.29) is 19.4 Å². The van der Waals surface area contributed by atoms with E-state index in [0.717, 1.165) is 83.5 Å². The SMILES string of the molecule is CC/C=C\C/C=C\C/C=C\C/C=C\CCCCCCCCC(=O)OC(COC(=O)CCCCCCCCCCCCCC)COC1OC(CS(=O)(=O)O)C(O)C(O)C1O. The summed E-state index contributed by atoms with van der Waals surface area (Å²) in [6.07, 6.45) is 33.0. The molecule has 0 aromatic heterocycles. The van der Waals surface area contributed by atoms with Crippen LogP contribution in [0.25, 0.3) is 0 Å². The number of hydrogen-bond donors (Lipinski definition) is 4. The van der Waals surface area contributed by atoms with E-state index < -0.39 is 71.2 Å². The van der Waals surface area contributed by atoms with Gasteiger partial charge in [0.15, 0.2) is 12.4 Å². The molecule has 0 saturated carbocycles. The highest BCUT2D eigenvalue weighted by Gasteiger charge is 2.46. The van der Waals surface area contributed by atoms with Gasteiger partial charge in [0.05, 0.1) is 6.61 Å². The summed E-state index contributed by atoms with van der Waals surface area (Å²) in [4.78, 5) is 25.4. The van der Waals surface area contributed by atoms with Crippen molar-refractivity contribution in [3.8, 4) is 0 Å². The molecule has 1 saturated heterocycles. The van der Waals surface area contributed by atoms with Gasteiger partial charge < -0.3 is 34.3 Å². The zero-order valence-corrected chi connectivity index (χ0v) is 37.2. The molecule has 59 heavy (non-hydrogen) atoms. The van der Waals surface area contributed by atoms with Gasteiger partial charge in [-0.2, -0.15) is 8.42 Å². The summed E-state index contributed by atoms with van der Waals surface area (Å²) >= 11 is 0. The number of aliphatic hydroxyl groups is 3. The minimum atomic E-state index is -4.60. The van der Waals surface area contributed by atoms with Gasteiger partial charge in [0.1, 0.15) is 36.8 Å². The van der Waals surface area contributed by atoms with Crippen molar-refractivity contribution in [1.82, 2.24) is 0 Å². The lowest BCUT2D eigenvalue weighted by atomic mass is 10.00. The van der Waals surface area contributed by atoms with Crippen LogP contribution < -0.4 is 0 Å². The Hall–Kier alpha value is -2.39. The van der Waals surface area contributed by atoms with E-state index in [0.29, 0.717) is 12.8 Å². The Kier molecular flexibility index (Phi) is 33.6. The van der Waals surface area contributed by atoms with E-state index in [2.05, 4.69) is 62.5 Å². The summed E-state index contributed by atoms with van der Waals surface area (Å²) in [5.41, 5.74) is 0. The van der Waals surface area contributed by atoms with Crippen molar-refractivity contribution in [3.05, 3.63) is 48.6 Å². The molecule has 12 nitrogen and oxygen atoms in total. The van der Waals surface area contributed by atoms with Gasteiger partial charge in [-0.25, -0.2) is 0 Å². The molecule has 342 valence electrons. The van der Waals surface area contributed by atoms with Gasteiger partial charge in [-0.15, -0.1) is 0 Å². The third kappa shape index (κ3) is 31.2. The van der Waals surface area contributed by atoms with E-state index in [1.54, 1.807) is 0 Å². The highest BCUT2D eigenvalue weighted by molar-refractivity contribution is 7.85. The van der Waals surface area contributed by atoms with Gasteiger partial charge in [0.2, 0.25) is 0 Å². The van der Waals surface area contributed by atoms with Gasteiger partial charge in [-0.3, -0.25) is 14.1 Å². The molecule has 1 aliphatic rings. The molecule has 1 fully saturated rings. The number of aliphatic hydroxyl groups excluding tert-OH is 3. The van der Waals surface area contributed by atoms with E-state index in [9.17, 15) is 37.9 Å². The summed E-state index contributed by atoms with van der Waals surface area (Å²) in [7, 11) is -4.60. The monoisotopic (exact) mass is 857 g/mol. The van der Waals surface area contributed by atoms with E-state index in [1.165, 1.54) is 51.4 Å². The number of hydrogen-bond acceptors (Lipinski definition) is 11. The van der Waals surface area contributed by atoms with Crippen LogP contribution in [-0.2, 0) is 38.7 Å². The topological polar surface area (TPSA) is 186 Å². The number of carbonyl (C=O) groups is 2. The lowest BCUT2D eigenvalue weighted by Crippen LogP contribution is -2.60. The summed E-state index contributed by atoms with van der Waals surface area (Å²) in [6.45, 7) is 3.63. The molecule has 6 unspecified atom stereocenters. The fourth-order valence-corrected chi connectivity index (χ4v) is 7.36. The Labute approximate surface area is 356 Å². The smallest absolute Gasteiger partial charge is 0.306 e. The molecule has 0 radical (unpaired) electrons.